The largest absolute Gasteiger partial charge is 0.508 e. The molecule has 1 aromatic rings. The molecule has 4 rings (SSSR count). The minimum absolute atomic E-state index is 0.0164. The molecule has 1 saturated carbocycles. The van der Waals surface area contributed by atoms with Gasteiger partial charge in [-0.2, -0.15) is 0 Å². The molecule has 0 aromatic heterocycles. The number of aromatic hydroxyl groups is 1. The van der Waals surface area contributed by atoms with Crippen molar-refractivity contribution in [1.82, 2.24) is 4.90 Å². The number of allylic oxidation sites excluding steroid dienone is 1. The first kappa shape index (κ1) is 23.6. The molecule has 5 nitrogen and oxygen atoms in total. The first-order valence-electron chi connectivity index (χ1n) is 12.4. The molecule has 1 fully saturated rings. The molecule has 2 N–H and O–H groups in total. The second-order valence-corrected chi connectivity index (χ2v) is 10.8. The maximum absolute atomic E-state index is 13.1. The van der Waals surface area contributed by atoms with E-state index in [-0.39, 0.29) is 22.5 Å². The number of carbonyl (C=O) groups excluding carboxylic acids is 1. The van der Waals surface area contributed by atoms with Crippen molar-refractivity contribution in [1.29, 1.82) is 0 Å². The number of fused-ring (bicyclic) bond motifs is 1. The van der Waals surface area contributed by atoms with Crippen LogP contribution in [0.25, 0.3) is 0 Å². The molecule has 1 amide bonds. The van der Waals surface area contributed by atoms with Crippen LogP contribution in [0.5, 0.6) is 5.75 Å². The zero-order valence-corrected chi connectivity index (χ0v) is 20.1. The molecule has 2 aliphatic carbocycles. The molecule has 0 bridgehead atoms. The van der Waals surface area contributed by atoms with Gasteiger partial charge in [0.1, 0.15) is 5.75 Å². The van der Waals surface area contributed by atoms with E-state index in [9.17, 15) is 19.8 Å². The topological polar surface area (TPSA) is 77.8 Å². The molecule has 1 aromatic carbocycles. The number of carboxylic acids is 1. The summed E-state index contributed by atoms with van der Waals surface area (Å²) in [5.74, 6) is 0.458. The van der Waals surface area contributed by atoms with Crippen molar-refractivity contribution in [2.45, 2.75) is 65.7 Å². The second kappa shape index (κ2) is 9.00. The summed E-state index contributed by atoms with van der Waals surface area (Å²) in [4.78, 5) is 27.0. The average Bonchev–Trinajstić information content (AvgIpc) is 3.14. The van der Waals surface area contributed by atoms with Gasteiger partial charge in [-0.3, -0.25) is 4.79 Å². The molecule has 0 radical (unpaired) electrons. The van der Waals surface area contributed by atoms with Crippen molar-refractivity contribution in [3.63, 3.8) is 0 Å². The number of hydrogen-bond acceptors (Lipinski definition) is 3. The van der Waals surface area contributed by atoms with E-state index in [4.69, 9.17) is 0 Å². The SMILES string of the molecule is C[C@H]1CC[C@]2(C)C(C(=O)O)=CCC[C@H]2[C@]1(C)CCC1=CCN(CCc2ccc(O)cc2)C1=O. The lowest BCUT2D eigenvalue weighted by Crippen LogP contribution is -2.51. The molecule has 1 aliphatic heterocycles. The van der Waals surface area contributed by atoms with Gasteiger partial charge < -0.3 is 15.1 Å². The highest BCUT2D eigenvalue weighted by atomic mass is 16.4. The monoisotopic (exact) mass is 451 g/mol. The molecular weight excluding hydrogens is 414 g/mol. The van der Waals surface area contributed by atoms with Crippen LogP contribution < -0.4 is 0 Å². The van der Waals surface area contributed by atoms with Crippen LogP contribution in [0.2, 0.25) is 0 Å². The van der Waals surface area contributed by atoms with E-state index in [0.717, 1.165) is 56.1 Å². The van der Waals surface area contributed by atoms with Gasteiger partial charge in [0.05, 0.1) is 0 Å². The van der Waals surface area contributed by atoms with Crippen LogP contribution in [0.4, 0.5) is 0 Å². The number of rotatable bonds is 7. The van der Waals surface area contributed by atoms with Gasteiger partial charge in [-0.05, 0) is 79.9 Å². The van der Waals surface area contributed by atoms with E-state index in [0.29, 0.717) is 30.5 Å². The number of aliphatic carboxylic acids is 1. The summed E-state index contributed by atoms with van der Waals surface area (Å²) in [5, 5.41) is 19.3. The zero-order chi connectivity index (χ0) is 23.8. The van der Waals surface area contributed by atoms with Gasteiger partial charge in [0.2, 0.25) is 5.91 Å². The minimum Gasteiger partial charge on any atom is -0.508 e. The molecule has 3 aliphatic rings. The van der Waals surface area contributed by atoms with Crippen LogP contribution >= 0.6 is 0 Å². The van der Waals surface area contributed by atoms with Gasteiger partial charge in [0, 0.05) is 29.7 Å². The number of hydrogen-bond donors (Lipinski definition) is 2. The van der Waals surface area contributed by atoms with Crippen molar-refractivity contribution in [3.8, 4) is 5.75 Å². The molecule has 0 unspecified atom stereocenters. The molecular formula is C28H37NO4. The third-order valence-electron chi connectivity index (χ3n) is 9.10. The second-order valence-electron chi connectivity index (χ2n) is 10.8. The highest BCUT2D eigenvalue weighted by molar-refractivity contribution is 5.95. The van der Waals surface area contributed by atoms with E-state index in [2.05, 4.69) is 26.8 Å². The highest BCUT2D eigenvalue weighted by Crippen LogP contribution is 2.62. The number of carbonyl (C=O) groups is 2. The van der Waals surface area contributed by atoms with E-state index < -0.39 is 5.97 Å². The quantitative estimate of drug-likeness (QED) is 0.586. The Bertz CT molecular complexity index is 978. The summed E-state index contributed by atoms with van der Waals surface area (Å²) < 4.78 is 0. The van der Waals surface area contributed by atoms with Crippen molar-refractivity contribution in [2.24, 2.45) is 22.7 Å². The number of nitrogens with zero attached hydrogens (tertiary/aromatic N) is 1. The number of benzene rings is 1. The summed E-state index contributed by atoms with van der Waals surface area (Å²) in [6.07, 6.45) is 10.3. The predicted octanol–water partition coefficient (Wildman–Crippen LogP) is 5.35. The maximum atomic E-state index is 13.1. The average molecular weight is 452 g/mol. The number of phenols is 1. The molecule has 4 atom stereocenters. The third-order valence-corrected chi connectivity index (χ3v) is 9.10. The number of carboxylic acid groups (broad SMARTS) is 1. The summed E-state index contributed by atoms with van der Waals surface area (Å²) in [5.41, 5.74) is 2.36. The highest BCUT2D eigenvalue weighted by Gasteiger charge is 2.55. The Hall–Kier alpha value is -2.56. The van der Waals surface area contributed by atoms with Crippen LogP contribution in [-0.4, -0.2) is 40.1 Å². The fourth-order valence-electron chi connectivity index (χ4n) is 6.77. The standard InChI is InChI=1S/C28H37NO4/c1-19-11-15-28(3)23(26(32)33)5-4-6-24(28)27(19,2)16-12-21-14-18-29(25(21)31)17-13-20-7-9-22(30)10-8-20/h5,7-10,14,19,24,30H,4,6,11-13,15-18H2,1-3H3,(H,32,33)/t19-,24-,27+,28+/m0/s1. The number of amides is 1. The lowest BCUT2D eigenvalue weighted by Gasteiger charge is -2.57. The molecule has 1 heterocycles. The predicted molar refractivity (Wildman–Crippen MR) is 129 cm³/mol. The Labute approximate surface area is 197 Å². The third kappa shape index (κ3) is 4.34. The van der Waals surface area contributed by atoms with Crippen molar-refractivity contribution >= 4 is 11.9 Å². The molecule has 178 valence electrons. The van der Waals surface area contributed by atoms with Crippen LogP contribution in [0.3, 0.4) is 0 Å². The first-order chi connectivity index (χ1) is 15.6. The summed E-state index contributed by atoms with van der Waals surface area (Å²) >= 11 is 0. The van der Waals surface area contributed by atoms with Gasteiger partial charge in [-0.25, -0.2) is 4.79 Å². The van der Waals surface area contributed by atoms with Gasteiger partial charge in [0.25, 0.3) is 0 Å². The molecule has 0 spiro atoms. The van der Waals surface area contributed by atoms with Crippen molar-refractivity contribution < 1.29 is 19.8 Å². The van der Waals surface area contributed by atoms with E-state index in [1.54, 1.807) is 12.1 Å². The van der Waals surface area contributed by atoms with Crippen molar-refractivity contribution in [3.05, 3.63) is 53.1 Å². The smallest absolute Gasteiger partial charge is 0.331 e. The maximum Gasteiger partial charge on any atom is 0.331 e. The Kier molecular flexibility index (Phi) is 6.43. The summed E-state index contributed by atoms with van der Waals surface area (Å²) in [6, 6.07) is 7.16. The fourth-order valence-corrected chi connectivity index (χ4v) is 6.77. The van der Waals surface area contributed by atoms with Crippen molar-refractivity contribution in [2.75, 3.05) is 13.1 Å². The molecule has 33 heavy (non-hydrogen) atoms. The Balaban J connectivity index is 1.40. The Morgan fingerprint density at radius 3 is 2.55 bits per heavy atom. The summed E-state index contributed by atoms with van der Waals surface area (Å²) in [6.45, 7) is 8.14. The molecule has 5 heteroatoms. The zero-order valence-electron chi connectivity index (χ0n) is 20.1. The van der Waals surface area contributed by atoms with E-state index in [1.165, 1.54) is 0 Å². The first-order valence-corrected chi connectivity index (χ1v) is 12.4. The fraction of sp³-hybridized carbons (Fsp3) is 0.571. The van der Waals surface area contributed by atoms with Crippen LogP contribution in [0.1, 0.15) is 64.9 Å². The van der Waals surface area contributed by atoms with E-state index in [1.807, 2.05) is 23.1 Å². The van der Waals surface area contributed by atoms with Gasteiger partial charge in [0.15, 0.2) is 0 Å². The summed E-state index contributed by atoms with van der Waals surface area (Å²) in [7, 11) is 0. The van der Waals surface area contributed by atoms with Crippen LogP contribution in [0.15, 0.2) is 47.6 Å². The number of phenolic OH excluding ortho intramolecular Hbond substituents is 1. The normalized spacial score (nSPS) is 31.7. The van der Waals surface area contributed by atoms with Gasteiger partial charge in [-0.1, -0.05) is 45.1 Å². The lowest BCUT2D eigenvalue weighted by molar-refractivity contribution is -0.137. The lowest BCUT2D eigenvalue weighted by atomic mass is 9.46. The minimum atomic E-state index is -0.767. The van der Waals surface area contributed by atoms with Gasteiger partial charge >= 0.3 is 5.97 Å². The van der Waals surface area contributed by atoms with Crippen LogP contribution in [0, 0.1) is 22.7 Å². The molecule has 0 saturated heterocycles. The van der Waals surface area contributed by atoms with E-state index >= 15 is 0 Å². The Morgan fingerprint density at radius 1 is 1.12 bits per heavy atom. The Morgan fingerprint density at radius 2 is 1.85 bits per heavy atom. The van der Waals surface area contributed by atoms with Gasteiger partial charge in [-0.15, -0.1) is 0 Å². The van der Waals surface area contributed by atoms with Crippen LogP contribution in [-0.2, 0) is 16.0 Å².